The van der Waals surface area contributed by atoms with Crippen molar-refractivity contribution >= 4 is 11.9 Å². The summed E-state index contributed by atoms with van der Waals surface area (Å²) in [6.07, 6.45) is 5.72. The molecule has 2 aliphatic rings. The summed E-state index contributed by atoms with van der Waals surface area (Å²) in [4.78, 5) is 24.7. The molecule has 2 atom stereocenters. The molecule has 5 heteroatoms. The molecule has 1 amide bonds. The largest absolute Gasteiger partial charge is 0.480 e. The fourth-order valence-electron chi connectivity index (χ4n) is 2.32. The highest BCUT2D eigenvalue weighted by molar-refractivity contribution is 5.86. The van der Waals surface area contributed by atoms with Crippen LogP contribution in [0.25, 0.3) is 0 Å². The Bertz CT molecular complexity index is 337. The van der Waals surface area contributed by atoms with E-state index in [1.165, 1.54) is 4.90 Å². The molecule has 0 aromatic carbocycles. The fraction of sp³-hybridized carbons (Fsp3) is 0.846. The molecule has 0 aliphatic heterocycles. The maximum atomic E-state index is 12.1. The van der Waals surface area contributed by atoms with Crippen LogP contribution in [0, 0.1) is 11.8 Å². The number of carbonyl (C=O) groups excluding carboxylic acids is 1. The zero-order valence-electron chi connectivity index (χ0n) is 10.8. The Morgan fingerprint density at radius 2 is 1.72 bits per heavy atom. The van der Waals surface area contributed by atoms with Crippen molar-refractivity contribution in [1.82, 2.24) is 4.90 Å². The maximum absolute atomic E-state index is 12.1. The molecule has 0 radical (unpaired) electrons. The second-order valence-electron chi connectivity index (χ2n) is 5.77. The lowest BCUT2D eigenvalue weighted by molar-refractivity contribution is -0.150. The molecule has 2 aliphatic carbocycles. The van der Waals surface area contributed by atoms with Crippen LogP contribution in [0.3, 0.4) is 0 Å². The number of rotatable bonds is 7. The molecule has 0 unspecified atom stereocenters. The predicted octanol–water partition coefficient (Wildman–Crippen LogP) is 0.825. The van der Waals surface area contributed by atoms with E-state index < -0.39 is 18.1 Å². The standard InChI is InChI=1S/C13H22N2O3/c1-15(11(13(17)18)7-9-4-5-9)12(16)10(14)6-8-2-3-8/h8-11H,2-7,14H2,1H3,(H,17,18)/t10-,11-/m0/s1. The summed E-state index contributed by atoms with van der Waals surface area (Å²) < 4.78 is 0. The number of likely N-dealkylation sites (N-methyl/N-ethyl adjacent to an activating group) is 1. The van der Waals surface area contributed by atoms with E-state index >= 15 is 0 Å². The zero-order chi connectivity index (χ0) is 13.3. The number of nitrogens with two attached hydrogens (primary N) is 1. The van der Waals surface area contributed by atoms with Gasteiger partial charge in [0.1, 0.15) is 6.04 Å². The van der Waals surface area contributed by atoms with E-state index in [9.17, 15) is 14.7 Å². The van der Waals surface area contributed by atoms with Gasteiger partial charge in [-0.05, 0) is 24.7 Å². The number of hydrogen-bond acceptors (Lipinski definition) is 3. The van der Waals surface area contributed by atoms with Gasteiger partial charge in [0.2, 0.25) is 5.91 Å². The summed E-state index contributed by atoms with van der Waals surface area (Å²) in [5.41, 5.74) is 5.86. The number of carboxylic acids is 1. The van der Waals surface area contributed by atoms with Crippen LogP contribution in [0.4, 0.5) is 0 Å². The zero-order valence-corrected chi connectivity index (χ0v) is 10.8. The van der Waals surface area contributed by atoms with Gasteiger partial charge < -0.3 is 15.7 Å². The predicted molar refractivity (Wildman–Crippen MR) is 66.9 cm³/mol. The van der Waals surface area contributed by atoms with E-state index in [4.69, 9.17) is 5.73 Å². The van der Waals surface area contributed by atoms with Crippen LogP contribution in [-0.4, -0.2) is 41.0 Å². The van der Waals surface area contributed by atoms with Crippen LogP contribution in [0.5, 0.6) is 0 Å². The number of hydrogen-bond donors (Lipinski definition) is 2. The highest BCUT2D eigenvalue weighted by Gasteiger charge is 2.36. The van der Waals surface area contributed by atoms with Crippen LogP contribution >= 0.6 is 0 Å². The van der Waals surface area contributed by atoms with E-state index in [0.29, 0.717) is 24.7 Å². The summed E-state index contributed by atoms with van der Waals surface area (Å²) in [6, 6.07) is -1.25. The molecule has 2 saturated carbocycles. The molecule has 0 spiro atoms. The van der Waals surface area contributed by atoms with Gasteiger partial charge in [0.05, 0.1) is 6.04 Å². The minimum atomic E-state index is -0.920. The number of nitrogens with zero attached hydrogens (tertiary/aromatic N) is 1. The Morgan fingerprint density at radius 1 is 1.22 bits per heavy atom. The lowest BCUT2D eigenvalue weighted by Crippen LogP contribution is -2.49. The van der Waals surface area contributed by atoms with E-state index in [1.54, 1.807) is 7.05 Å². The number of amides is 1. The SMILES string of the molecule is CN(C(=O)[C@@H](N)CC1CC1)[C@@H](CC1CC1)C(=O)O. The van der Waals surface area contributed by atoms with Gasteiger partial charge in [-0.15, -0.1) is 0 Å². The van der Waals surface area contributed by atoms with Crippen molar-refractivity contribution < 1.29 is 14.7 Å². The first-order chi connectivity index (χ1) is 8.49. The fourth-order valence-corrected chi connectivity index (χ4v) is 2.32. The summed E-state index contributed by atoms with van der Waals surface area (Å²) in [7, 11) is 1.57. The van der Waals surface area contributed by atoms with Gasteiger partial charge in [-0.3, -0.25) is 4.79 Å². The molecule has 0 aromatic heterocycles. The Balaban J connectivity index is 1.90. The molecule has 0 saturated heterocycles. The molecule has 0 heterocycles. The molecule has 5 nitrogen and oxygen atoms in total. The van der Waals surface area contributed by atoms with Crippen molar-refractivity contribution in [3.63, 3.8) is 0 Å². The summed E-state index contributed by atoms with van der Waals surface area (Å²) in [5.74, 6) is -0.101. The monoisotopic (exact) mass is 254 g/mol. The van der Waals surface area contributed by atoms with Crippen molar-refractivity contribution in [2.24, 2.45) is 17.6 Å². The smallest absolute Gasteiger partial charge is 0.326 e. The second-order valence-corrected chi connectivity index (χ2v) is 5.77. The summed E-state index contributed by atoms with van der Waals surface area (Å²) >= 11 is 0. The maximum Gasteiger partial charge on any atom is 0.326 e. The lowest BCUT2D eigenvalue weighted by Gasteiger charge is -2.27. The minimum Gasteiger partial charge on any atom is -0.480 e. The van der Waals surface area contributed by atoms with Crippen LogP contribution in [0.2, 0.25) is 0 Å². The van der Waals surface area contributed by atoms with Crippen molar-refractivity contribution in [2.45, 2.75) is 50.6 Å². The highest BCUT2D eigenvalue weighted by Crippen LogP contribution is 2.35. The number of aliphatic carboxylic acids is 1. The van der Waals surface area contributed by atoms with Crippen molar-refractivity contribution in [3.05, 3.63) is 0 Å². The highest BCUT2D eigenvalue weighted by atomic mass is 16.4. The quantitative estimate of drug-likeness (QED) is 0.704. The minimum absolute atomic E-state index is 0.227. The average Bonchev–Trinajstić information content (AvgIpc) is 3.17. The third-order valence-corrected chi connectivity index (χ3v) is 3.96. The summed E-state index contributed by atoms with van der Waals surface area (Å²) in [6.45, 7) is 0. The second kappa shape index (κ2) is 5.26. The first kappa shape index (κ1) is 13.3. The molecular formula is C13H22N2O3. The van der Waals surface area contributed by atoms with Crippen LogP contribution in [-0.2, 0) is 9.59 Å². The van der Waals surface area contributed by atoms with Crippen LogP contribution in [0.1, 0.15) is 38.5 Å². The molecule has 18 heavy (non-hydrogen) atoms. The van der Waals surface area contributed by atoms with Crippen molar-refractivity contribution in [3.8, 4) is 0 Å². The molecule has 3 N–H and O–H groups in total. The molecule has 102 valence electrons. The van der Waals surface area contributed by atoms with Crippen LogP contribution in [0.15, 0.2) is 0 Å². The third kappa shape index (κ3) is 3.45. The van der Waals surface area contributed by atoms with Gasteiger partial charge in [-0.1, -0.05) is 25.7 Å². The normalized spacial score (nSPS) is 22.3. The van der Waals surface area contributed by atoms with Gasteiger partial charge in [0.25, 0.3) is 0 Å². The topological polar surface area (TPSA) is 83.6 Å². The van der Waals surface area contributed by atoms with E-state index in [0.717, 1.165) is 25.7 Å². The third-order valence-electron chi connectivity index (χ3n) is 3.96. The molecular weight excluding hydrogens is 232 g/mol. The number of carboxylic acid groups (broad SMARTS) is 1. The molecule has 2 fully saturated rings. The van der Waals surface area contributed by atoms with Gasteiger partial charge in [0, 0.05) is 7.05 Å². The molecule has 0 aromatic rings. The van der Waals surface area contributed by atoms with E-state index in [1.807, 2.05) is 0 Å². The summed E-state index contributed by atoms with van der Waals surface area (Å²) in [5, 5.41) is 9.21. The lowest BCUT2D eigenvalue weighted by atomic mass is 10.1. The molecule has 2 rings (SSSR count). The van der Waals surface area contributed by atoms with Gasteiger partial charge in [-0.2, -0.15) is 0 Å². The average molecular weight is 254 g/mol. The van der Waals surface area contributed by atoms with Crippen LogP contribution < -0.4 is 5.73 Å². The van der Waals surface area contributed by atoms with Crippen molar-refractivity contribution in [2.75, 3.05) is 7.05 Å². The Kier molecular flexibility index (Phi) is 3.90. The van der Waals surface area contributed by atoms with Gasteiger partial charge >= 0.3 is 5.97 Å². The van der Waals surface area contributed by atoms with E-state index in [-0.39, 0.29) is 5.91 Å². The Hall–Kier alpha value is -1.10. The first-order valence-corrected chi connectivity index (χ1v) is 6.74. The van der Waals surface area contributed by atoms with Gasteiger partial charge in [0.15, 0.2) is 0 Å². The van der Waals surface area contributed by atoms with Gasteiger partial charge in [-0.25, -0.2) is 4.79 Å². The van der Waals surface area contributed by atoms with Crippen molar-refractivity contribution in [1.29, 1.82) is 0 Å². The van der Waals surface area contributed by atoms with E-state index in [2.05, 4.69) is 0 Å². The Morgan fingerprint density at radius 3 is 2.17 bits per heavy atom. The Labute approximate surface area is 107 Å². The molecule has 0 bridgehead atoms. The first-order valence-electron chi connectivity index (χ1n) is 6.74. The number of carbonyl (C=O) groups is 2.